The Morgan fingerprint density at radius 3 is 2.89 bits per heavy atom. The summed E-state index contributed by atoms with van der Waals surface area (Å²) >= 11 is 1.62. The van der Waals surface area contributed by atoms with E-state index >= 15 is 0 Å². The number of thiophene rings is 1. The van der Waals surface area contributed by atoms with E-state index in [-0.39, 0.29) is 5.75 Å². The average Bonchev–Trinajstić information content (AvgIpc) is 3.09. The Bertz CT molecular complexity index is 492. The van der Waals surface area contributed by atoms with Gasteiger partial charge in [0, 0.05) is 17.5 Å². The van der Waals surface area contributed by atoms with Crippen molar-refractivity contribution >= 4 is 21.4 Å². The molecule has 4 nitrogen and oxygen atoms in total. The van der Waals surface area contributed by atoms with Gasteiger partial charge in [-0.1, -0.05) is 6.92 Å². The van der Waals surface area contributed by atoms with Crippen LogP contribution in [0.2, 0.25) is 0 Å². The second kappa shape index (κ2) is 6.83. The number of rotatable bonds is 9. The third-order valence-electron chi connectivity index (χ3n) is 3.27. The van der Waals surface area contributed by atoms with Crippen LogP contribution in [-0.4, -0.2) is 26.8 Å². The molecular formula is C13H22N2O2S2. The van der Waals surface area contributed by atoms with E-state index in [1.54, 1.807) is 11.3 Å². The van der Waals surface area contributed by atoms with Crippen LogP contribution in [0, 0.1) is 0 Å². The van der Waals surface area contributed by atoms with Gasteiger partial charge in [0.15, 0.2) is 0 Å². The van der Waals surface area contributed by atoms with E-state index in [1.165, 1.54) is 18.4 Å². The highest BCUT2D eigenvalue weighted by molar-refractivity contribution is 7.89. The van der Waals surface area contributed by atoms with E-state index in [4.69, 9.17) is 0 Å². The van der Waals surface area contributed by atoms with Gasteiger partial charge in [-0.15, -0.1) is 11.3 Å². The average molecular weight is 302 g/mol. The van der Waals surface area contributed by atoms with Gasteiger partial charge in [0.05, 0.1) is 5.75 Å². The third kappa shape index (κ3) is 5.22. The maximum absolute atomic E-state index is 11.9. The van der Waals surface area contributed by atoms with Crippen molar-refractivity contribution in [2.24, 2.45) is 0 Å². The maximum atomic E-state index is 11.9. The van der Waals surface area contributed by atoms with Crippen molar-refractivity contribution in [1.29, 1.82) is 0 Å². The van der Waals surface area contributed by atoms with Crippen molar-refractivity contribution < 1.29 is 8.42 Å². The first-order chi connectivity index (χ1) is 9.11. The van der Waals surface area contributed by atoms with E-state index in [9.17, 15) is 8.42 Å². The predicted molar refractivity (Wildman–Crippen MR) is 80.0 cm³/mol. The van der Waals surface area contributed by atoms with Gasteiger partial charge in [-0.2, -0.15) is 0 Å². The molecule has 0 atom stereocenters. The van der Waals surface area contributed by atoms with Crippen molar-refractivity contribution in [2.45, 2.75) is 45.2 Å². The third-order valence-corrected chi connectivity index (χ3v) is 5.64. The molecule has 2 rings (SSSR count). The SMILES string of the molecule is CCc1ccsc1CNS(=O)(=O)CCCNC1CC1. The van der Waals surface area contributed by atoms with Crippen molar-refractivity contribution in [1.82, 2.24) is 10.0 Å². The van der Waals surface area contributed by atoms with Gasteiger partial charge < -0.3 is 5.32 Å². The Balaban J connectivity index is 1.70. The second-order valence-electron chi connectivity index (χ2n) is 4.94. The van der Waals surface area contributed by atoms with Gasteiger partial charge in [0.25, 0.3) is 0 Å². The molecule has 6 heteroatoms. The molecule has 0 radical (unpaired) electrons. The quantitative estimate of drug-likeness (QED) is 0.685. The molecule has 1 aromatic rings. The summed E-state index contributed by atoms with van der Waals surface area (Å²) in [5, 5.41) is 5.34. The molecule has 1 aliphatic carbocycles. The number of nitrogens with one attached hydrogen (secondary N) is 2. The number of hydrogen-bond acceptors (Lipinski definition) is 4. The summed E-state index contributed by atoms with van der Waals surface area (Å²) in [4.78, 5) is 1.13. The zero-order valence-electron chi connectivity index (χ0n) is 11.3. The molecule has 108 valence electrons. The van der Waals surface area contributed by atoms with Crippen molar-refractivity contribution in [3.05, 3.63) is 21.9 Å². The lowest BCUT2D eigenvalue weighted by atomic mass is 10.2. The van der Waals surface area contributed by atoms with Crippen LogP contribution in [0.25, 0.3) is 0 Å². The highest BCUT2D eigenvalue weighted by Crippen LogP contribution is 2.18. The fourth-order valence-electron chi connectivity index (χ4n) is 1.94. The number of sulfonamides is 1. The minimum atomic E-state index is -3.14. The summed E-state index contributed by atoms with van der Waals surface area (Å²) in [5.41, 5.74) is 1.24. The van der Waals surface area contributed by atoms with Crippen LogP contribution in [0.1, 0.15) is 36.6 Å². The topological polar surface area (TPSA) is 58.2 Å². The maximum Gasteiger partial charge on any atom is 0.211 e. The van der Waals surface area contributed by atoms with Crippen molar-refractivity contribution in [3.8, 4) is 0 Å². The van der Waals surface area contributed by atoms with Gasteiger partial charge in [-0.05, 0) is 49.2 Å². The first kappa shape index (κ1) is 15.0. The van der Waals surface area contributed by atoms with Gasteiger partial charge in [0.1, 0.15) is 0 Å². The zero-order valence-corrected chi connectivity index (χ0v) is 12.9. The molecule has 0 bridgehead atoms. The molecule has 0 aliphatic heterocycles. The molecule has 1 aromatic heterocycles. The number of aryl methyl sites for hydroxylation is 1. The largest absolute Gasteiger partial charge is 0.314 e. The van der Waals surface area contributed by atoms with E-state index in [0.717, 1.165) is 17.8 Å². The first-order valence-electron chi connectivity index (χ1n) is 6.86. The van der Waals surface area contributed by atoms with Crippen LogP contribution in [0.5, 0.6) is 0 Å². The normalized spacial score (nSPS) is 15.8. The van der Waals surface area contributed by atoms with Gasteiger partial charge >= 0.3 is 0 Å². The Morgan fingerprint density at radius 1 is 1.42 bits per heavy atom. The lowest BCUT2D eigenvalue weighted by Crippen LogP contribution is -2.28. The summed E-state index contributed by atoms with van der Waals surface area (Å²) in [6.07, 6.45) is 4.11. The highest BCUT2D eigenvalue weighted by atomic mass is 32.2. The van der Waals surface area contributed by atoms with E-state index in [2.05, 4.69) is 23.0 Å². The molecule has 1 fully saturated rings. The van der Waals surface area contributed by atoms with Crippen LogP contribution in [0.4, 0.5) is 0 Å². The monoisotopic (exact) mass is 302 g/mol. The molecule has 2 N–H and O–H groups in total. The number of hydrogen-bond donors (Lipinski definition) is 2. The minimum absolute atomic E-state index is 0.208. The zero-order chi connectivity index (χ0) is 13.7. The van der Waals surface area contributed by atoms with Gasteiger partial charge in [-0.25, -0.2) is 13.1 Å². The summed E-state index contributed by atoms with van der Waals surface area (Å²) in [5.74, 6) is 0.208. The van der Waals surface area contributed by atoms with Crippen LogP contribution >= 0.6 is 11.3 Å². The standard InChI is InChI=1S/C13H22N2O2S2/c1-2-11-6-8-18-13(11)10-15-19(16,17)9-3-7-14-12-4-5-12/h6,8,12,14-15H,2-5,7,9-10H2,1H3. The molecule has 0 aromatic carbocycles. The van der Waals surface area contributed by atoms with Gasteiger partial charge in [0.2, 0.25) is 10.0 Å². The second-order valence-corrected chi connectivity index (χ2v) is 7.87. The lowest BCUT2D eigenvalue weighted by molar-refractivity contribution is 0.574. The summed E-state index contributed by atoms with van der Waals surface area (Å²) in [6, 6.07) is 2.71. The molecule has 0 saturated heterocycles. The fraction of sp³-hybridized carbons (Fsp3) is 0.692. The first-order valence-corrected chi connectivity index (χ1v) is 9.40. The van der Waals surface area contributed by atoms with Gasteiger partial charge in [-0.3, -0.25) is 0 Å². The van der Waals surface area contributed by atoms with Crippen molar-refractivity contribution in [3.63, 3.8) is 0 Å². The Hall–Kier alpha value is -0.430. The Morgan fingerprint density at radius 2 is 2.21 bits per heavy atom. The van der Waals surface area contributed by atoms with Crippen molar-refractivity contribution in [2.75, 3.05) is 12.3 Å². The van der Waals surface area contributed by atoms with E-state index < -0.39 is 10.0 Å². The van der Waals surface area contributed by atoms with E-state index in [1.807, 2.05) is 5.38 Å². The van der Waals surface area contributed by atoms with Crippen LogP contribution in [-0.2, 0) is 23.0 Å². The molecule has 1 aliphatic rings. The summed E-state index contributed by atoms with van der Waals surface area (Å²) in [7, 11) is -3.14. The fourth-order valence-corrected chi connectivity index (χ4v) is 3.98. The molecule has 1 saturated carbocycles. The Labute approximate surface area is 119 Å². The molecule has 0 spiro atoms. The van der Waals surface area contributed by atoms with Crippen LogP contribution in [0.15, 0.2) is 11.4 Å². The van der Waals surface area contributed by atoms with Crippen LogP contribution in [0.3, 0.4) is 0 Å². The minimum Gasteiger partial charge on any atom is -0.314 e. The smallest absolute Gasteiger partial charge is 0.211 e. The lowest BCUT2D eigenvalue weighted by Gasteiger charge is -2.07. The molecule has 19 heavy (non-hydrogen) atoms. The van der Waals surface area contributed by atoms with Crippen LogP contribution < -0.4 is 10.0 Å². The van der Waals surface area contributed by atoms with E-state index in [0.29, 0.717) is 19.0 Å². The molecular weight excluding hydrogens is 280 g/mol. The Kier molecular flexibility index (Phi) is 5.38. The molecule has 0 unspecified atom stereocenters. The summed E-state index contributed by atoms with van der Waals surface area (Å²) < 4.78 is 26.4. The molecule has 1 heterocycles. The predicted octanol–water partition coefficient (Wildman–Crippen LogP) is 1.87. The highest BCUT2D eigenvalue weighted by Gasteiger charge is 2.20. The molecule has 0 amide bonds. The summed E-state index contributed by atoms with van der Waals surface area (Å²) in [6.45, 7) is 3.31.